The molecule has 158 valence electrons. The van der Waals surface area contributed by atoms with Crippen molar-refractivity contribution in [3.05, 3.63) is 30.3 Å². The van der Waals surface area contributed by atoms with Crippen LogP contribution in [0.2, 0.25) is 18.1 Å². The van der Waals surface area contributed by atoms with Crippen LogP contribution in [0.15, 0.2) is 30.3 Å². The van der Waals surface area contributed by atoms with Crippen LogP contribution in [0, 0.1) is 11.8 Å². The third-order valence-corrected chi connectivity index (χ3v) is 12.8. The minimum atomic E-state index is -2.33. The molecule has 1 saturated carbocycles. The molecule has 28 heavy (non-hydrogen) atoms. The Labute approximate surface area is 171 Å². The van der Waals surface area contributed by atoms with E-state index < -0.39 is 14.5 Å². The molecule has 0 amide bonds. The predicted octanol–water partition coefficient (Wildman–Crippen LogP) is 6.78. The summed E-state index contributed by atoms with van der Waals surface area (Å²) in [4.78, 5) is 0. The van der Waals surface area contributed by atoms with Crippen LogP contribution in [0.5, 0.6) is 0 Å². The molecule has 0 unspecified atom stereocenters. The van der Waals surface area contributed by atoms with E-state index >= 15 is 0 Å². The van der Waals surface area contributed by atoms with Crippen molar-refractivity contribution >= 4 is 13.3 Å². The lowest BCUT2D eigenvalue weighted by Crippen LogP contribution is -2.50. The molecule has 0 N–H and O–H groups in total. The van der Waals surface area contributed by atoms with Gasteiger partial charge >= 0.3 is 0 Å². The van der Waals surface area contributed by atoms with Crippen molar-refractivity contribution in [3.8, 4) is 0 Å². The summed E-state index contributed by atoms with van der Waals surface area (Å²) < 4.78 is 30.1. The standard InChI is InChI=1S/C24H38F2OSi/c1-2-3-7-16-28(23-8-5-4-6-9-23)17-14-21(15-18-28)20-10-12-22(13-11-20)27-19-24(25)26/h4-6,8-9,20-22,24H,2-3,7,10-19H2,1H3. The molecule has 2 aliphatic rings. The van der Waals surface area contributed by atoms with Gasteiger partial charge in [-0.2, -0.15) is 0 Å². The van der Waals surface area contributed by atoms with E-state index in [9.17, 15) is 8.78 Å². The predicted molar refractivity (Wildman–Crippen MR) is 116 cm³/mol. The van der Waals surface area contributed by atoms with Crippen LogP contribution in [0.1, 0.15) is 64.7 Å². The molecule has 1 aliphatic carbocycles. The fourth-order valence-corrected chi connectivity index (χ4v) is 11.1. The Balaban J connectivity index is 1.53. The molecule has 1 aromatic carbocycles. The summed E-state index contributed by atoms with van der Waals surface area (Å²) in [6, 6.07) is 15.8. The normalized spacial score (nSPS) is 31.2. The molecule has 1 aliphatic heterocycles. The van der Waals surface area contributed by atoms with Crippen LogP contribution in [0.4, 0.5) is 8.78 Å². The van der Waals surface area contributed by atoms with Gasteiger partial charge in [0.15, 0.2) is 0 Å². The van der Waals surface area contributed by atoms with E-state index in [1.54, 1.807) is 5.19 Å². The van der Waals surface area contributed by atoms with Crippen LogP contribution in [0.25, 0.3) is 0 Å². The van der Waals surface area contributed by atoms with Gasteiger partial charge in [0.25, 0.3) is 6.43 Å². The van der Waals surface area contributed by atoms with E-state index in [0.717, 1.165) is 24.7 Å². The molecular formula is C24H38F2OSi. The zero-order valence-electron chi connectivity index (χ0n) is 17.6. The van der Waals surface area contributed by atoms with Gasteiger partial charge in [-0.15, -0.1) is 0 Å². The summed E-state index contributed by atoms with van der Waals surface area (Å²) in [6.45, 7) is 1.91. The Morgan fingerprint density at radius 1 is 0.929 bits per heavy atom. The van der Waals surface area contributed by atoms with E-state index in [1.165, 1.54) is 63.1 Å². The largest absolute Gasteiger partial charge is 0.372 e. The third-order valence-electron chi connectivity index (χ3n) is 7.48. The van der Waals surface area contributed by atoms with Crippen LogP contribution in [0.3, 0.4) is 0 Å². The topological polar surface area (TPSA) is 9.23 Å². The molecule has 1 saturated heterocycles. The van der Waals surface area contributed by atoms with Gasteiger partial charge in [-0.3, -0.25) is 0 Å². The van der Waals surface area contributed by atoms with Crippen molar-refractivity contribution in [2.24, 2.45) is 11.8 Å². The van der Waals surface area contributed by atoms with Gasteiger partial charge in [0, 0.05) is 0 Å². The zero-order valence-corrected chi connectivity index (χ0v) is 18.6. The van der Waals surface area contributed by atoms with Gasteiger partial charge in [-0.05, 0) is 37.5 Å². The zero-order chi connectivity index (χ0) is 19.8. The quantitative estimate of drug-likeness (QED) is 0.323. The highest BCUT2D eigenvalue weighted by atomic mass is 28.3. The first-order chi connectivity index (χ1) is 13.6. The molecular weight excluding hydrogens is 370 g/mol. The molecule has 0 bridgehead atoms. The number of halogens is 2. The highest BCUT2D eigenvalue weighted by molar-refractivity contribution is 6.92. The number of hydrogen-bond donors (Lipinski definition) is 0. The molecule has 0 radical (unpaired) electrons. The molecule has 4 heteroatoms. The fourth-order valence-electron chi connectivity index (χ4n) is 5.79. The molecule has 2 fully saturated rings. The van der Waals surface area contributed by atoms with Crippen LogP contribution in [-0.2, 0) is 4.74 Å². The van der Waals surface area contributed by atoms with Crippen molar-refractivity contribution in [2.75, 3.05) is 6.61 Å². The summed E-state index contributed by atoms with van der Waals surface area (Å²) in [5, 5.41) is 1.69. The van der Waals surface area contributed by atoms with E-state index in [2.05, 4.69) is 37.3 Å². The second-order valence-corrected chi connectivity index (χ2v) is 13.8. The molecule has 1 heterocycles. The number of ether oxygens (including phenoxy) is 1. The van der Waals surface area contributed by atoms with Gasteiger partial charge in [-0.1, -0.05) is 92.7 Å². The Morgan fingerprint density at radius 2 is 1.57 bits per heavy atom. The maximum absolute atomic E-state index is 12.4. The summed E-state index contributed by atoms with van der Waals surface area (Å²) >= 11 is 0. The Morgan fingerprint density at radius 3 is 2.18 bits per heavy atom. The van der Waals surface area contributed by atoms with Crippen molar-refractivity contribution in [1.29, 1.82) is 0 Å². The maximum atomic E-state index is 12.4. The van der Waals surface area contributed by atoms with E-state index in [0.29, 0.717) is 0 Å². The van der Waals surface area contributed by atoms with Gasteiger partial charge in [-0.25, -0.2) is 8.78 Å². The highest BCUT2D eigenvalue weighted by Gasteiger charge is 2.40. The van der Waals surface area contributed by atoms with Crippen molar-refractivity contribution < 1.29 is 13.5 Å². The van der Waals surface area contributed by atoms with Gasteiger partial charge in [0.2, 0.25) is 0 Å². The first kappa shape index (κ1) is 22.0. The molecule has 3 rings (SSSR count). The van der Waals surface area contributed by atoms with Crippen LogP contribution in [-0.4, -0.2) is 27.2 Å². The minimum Gasteiger partial charge on any atom is -0.372 e. The van der Waals surface area contributed by atoms with Crippen molar-refractivity contribution in [3.63, 3.8) is 0 Å². The summed E-state index contributed by atoms with van der Waals surface area (Å²) in [5.41, 5.74) is 0. The summed E-state index contributed by atoms with van der Waals surface area (Å²) in [5.74, 6) is 1.65. The van der Waals surface area contributed by atoms with Crippen LogP contribution >= 0.6 is 0 Å². The third kappa shape index (κ3) is 5.88. The molecule has 0 spiro atoms. The minimum absolute atomic E-state index is 0.0701. The van der Waals surface area contributed by atoms with E-state index in [4.69, 9.17) is 4.74 Å². The van der Waals surface area contributed by atoms with Crippen molar-refractivity contribution in [2.45, 2.75) is 95.4 Å². The fraction of sp³-hybridized carbons (Fsp3) is 0.750. The van der Waals surface area contributed by atoms with E-state index in [-0.39, 0.29) is 12.7 Å². The first-order valence-corrected chi connectivity index (χ1v) is 14.2. The van der Waals surface area contributed by atoms with Gasteiger partial charge in [0.1, 0.15) is 6.61 Å². The number of hydrogen-bond acceptors (Lipinski definition) is 1. The Kier molecular flexibility index (Phi) is 8.52. The Bertz CT molecular complexity index is 549. The second kappa shape index (κ2) is 10.9. The van der Waals surface area contributed by atoms with Gasteiger partial charge in [0.05, 0.1) is 14.2 Å². The molecule has 1 aromatic rings. The molecule has 0 aromatic heterocycles. The smallest absolute Gasteiger partial charge is 0.261 e. The van der Waals surface area contributed by atoms with Crippen LogP contribution < -0.4 is 5.19 Å². The summed E-state index contributed by atoms with van der Waals surface area (Å²) in [6.07, 6.45) is 8.89. The summed E-state index contributed by atoms with van der Waals surface area (Å²) in [7, 11) is -1.35. The number of unbranched alkanes of at least 4 members (excludes halogenated alkanes) is 2. The monoisotopic (exact) mass is 408 g/mol. The SMILES string of the molecule is CCCCC[Si]1(c2ccccc2)CCC(C2CCC(OCC(F)F)CC2)CC1. The average Bonchev–Trinajstić information content (AvgIpc) is 2.74. The Hall–Kier alpha value is -0.743. The number of rotatable bonds is 9. The lowest BCUT2D eigenvalue weighted by Gasteiger charge is -2.43. The molecule has 0 atom stereocenters. The number of alkyl halides is 2. The van der Waals surface area contributed by atoms with E-state index in [1.807, 2.05) is 0 Å². The van der Waals surface area contributed by atoms with Crippen molar-refractivity contribution in [1.82, 2.24) is 0 Å². The number of benzene rings is 1. The molecule has 1 nitrogen and oxygen atoms in total. The second-order valence-electron chi connectivity index (χ2n) is 9.20. The first-order valence-electron chi connectivity index (χ1n) is 11.6. The highest BCUT2D eigenvalue weighted by Crippen LogP contribution is 2.43. The lowest BCUT2D eigenvalue weighted by molar-refractivity contribution is -0.0449. The van der Waals surface area contributed by atoms with Gasteiger partial charge < -0.3 is 4.74 Å². The maximum Gasteiger partial charge on any atom is 0.261 e. The average molecular weight is 409 g/mol. The lowest BCUT2D eigenvalue weighted by atomic mass is 9.76.